The van der Waals surface area contributed by atoms with Gasteiger partial charge in [0.05, 0.1) is 11.5 Å². The summed E-state index contributed by atoms with van der Waals surface area (Å²) in [7, 11) is 0. The Hall–Kier alpha value is -1.17. The van der Waals surface area contributed by atoms with Gasteiger partial charge in [-0.05, 0) is 24.5 Å². The van der Waals surface area contributed by atoms with Crippen molar-refractivity contribution < 1.29 is 10.0 Å². The van der Waals surface area contributed by atoms with Crippen molar-refractivity contribution in [3.8, 4) is 0 Å². The molecule has 1 fully saturated rings. The number of nitrogens with zero attached hydrogens (tertiary/aromatic N) is 2. The standard InChI is InChI=1S/C14H19ClN2O3/c15-13-6-5-11(9-14(13)17(19)20)10-16(7-8-18)12-3-1-2-4-12/h5-6,9,12,18H,1-4,7-8,10H2. The molecule has 6 heteroatoms. The van der Waals surface area contributed by atoms with E-state index in [0.717, 1.165) is 18.4 Å². The second-order valence-electron chi connectivity index (χ2n) is 5.18. The molecule has 5 nitrogen and oxygen atoms in total. The van der Waals surface area contributed by atoms with Crippen molar-refractivity contribution in [1.82, 2.24) is 4.90 Å². The zero-order valence-electron chi connectivity index (χ0n) is 11.3. The monoisotopic (exact) mass is 298 g/mol. The Balaban J connectivity index is 2.13. The summed E-state index contributed by atoms with van der Waals surface area (Å²) >= 11 is 5.82. The van der Waals surface area contributed by atoms with Crippen molar-refractivity contribution >= 4 is 17.3 Å². The quantitative estimate of drug-likeness (QED) is 0.647. The highest BCUT2D eigenvalue weighted by atomic mass is 35.5. The number of nitro benzene ring substituents is 1. The van der Waals surface area contributed by atoms with E-state index in [4.69, 9.17) is 11.6 Å². The zero-order valence-corrected chi connectivity index (χ0v) is 12.1. The van der Waals surface area contributed by atoms with Crippen LogP contribution in [0, 0.1) is 10.1 Å². The molecule has 1 aliphatic rings. The largest absolute Gasteiger partial charge is 0.395 e. The van der Waals surface area contributed by atoms with Crippen LogP contribution in [0.5, 0.6) is 0 Å². The molecule has 1 saturated carbocycles. The average Bonchev–Trinajstić information content (AvgIpc) is 2.94. The molecule has 0 radical (unpaired) electrons. The van der Waals surface area contributed by atoms with E-state index in [0.29, 0.717) is 19.1 Å². The summed E-state index contributed by atoms with van der Waals surface area (Å²) in [5, 5.41) is 20.3. The molecule has 1 aromatic rings. The van der Waals surface area contributed by atoms with E-state index < -0.39 is 4.92 Å². The molecular weight excluding hydrogens is 280 g/mol. The van der Waals surface area contributed by atoms with E-state index in [-0.39, 0.29) is 17.3 Å². The highest BCUT2D eigenvalue weighted by Gasteiger charge is 2.23. The van der Waals surface area contributed by atoms with Crippen LogP contribution in [0.3, 0.4) is 0 Å². The first kappa shape index (κ1) is 15.2. The van der Waals surface area contributed by atoms with Crippen LogP contribution in [0.4, 0.5) is 5.69 Å². The van der Waals surface area contributed by atoms with Gasteiger partial charge in [0.25, 0.3) is 5.69 Å². The molecule has 0 heterocycles. The van der Waals surface area contributed by atoms with Crippen LogP contribution < -0.4 is 0 Å². The number of hydrogen-bond acceptors (Lipinski definition) is 4. The van der Waals surface area contributed by atoms with Crippen molar-refractivity contribution in [3.63, 3.8) is 0 Å². The first-order valence-electron chi connectivity index (χ1n) is 6.89. The molecule has 2 rings (SSSR count). The van der Waals surface area contributed by atoms with Gasteiger partial charge in [-0.25, -0.2) is 0 Å². The molecule has 0 spiro atoms. The van der Waals surface area contributed by atoms with Gasteiger partial charge >= 0.3 is 0 Å². The third kappa shape index (κ3) is 3.69. The molecule has 1 N–H and O–H groups in total. The van der Waals surface area contributed by atoms with Crippen LogP contribution in [0.25, 0.3) is 0 Å². The molecule has 0 unspecified atom stereocenters. The maximum absolute atomic E-state index is 10.9. The Morgan fingerprint density at radius 2 is 2.10 bits per heavy atom. The first-order chi connectivity index (χ1) is 9.61. The molecule has 1 aliphatic carbocycles. The van der Waals surface area contributed by atoms with Gasteiger partial charge < -0.3 is 5.11 Å². The number of nitro groups is 1. The molecule has 1 aromatic carbocycles. The average molecular weight is 299 g/mol. The Morgan fingerprint density at radius 3 is 2.70 bits per heavy atom. The molecule has 0 amide bonds. The predicted octanol–water partition coefficient (Wildman–Crippen LogP) is 2.99. The van der Waals surface area contributed by atoms with Crippen LogP contribution in [0.1, 0.15) is 31.2 Å². The van der Waals surface area contributed by atoms with Crippen molar-refractivity contribution in [2.24, 2.45) is 0 Å². The Labute approximate surface area is 123 Å². The van der Waals surface area contributed by atoms with Gasteiger partial charge in [0, 0.05) is 25.2 Å². The lowest BCUT2D eigenvalue weighted by atomic mass is 10.1. The maximum atomic E-state index is 10.9. The number of benzene rings is 1. The lowest BCUT2D eigenvalue weighted by Crippen LogP contribution is -2.35. The molecule has 0 saturated heterocycles. The molecule has 0 atom stereocenters. The fourth-order valence-electron chi connectivity index (χ4n) is 2.82. The summed E-state index contributed by atoms with van der Waals surface area (Å²) in [4.78, 5) is 12.7. The maximum Gasteiger partial charge on any atom is 0.288 e. The summed E-state index contributed by atoms with van der Waals surface area (Å²) < 4.78 is 0. The van der Waals surface area contributed by atoms with Crippen LogP contribution >= 0.6 is 11.6 Å². The highest BCUT2D eigenvalue weighted by Crippen LogP contribution is 2.28. The highest BCUT2D eigenvalue weighted by molar-refractivity contribution is 6.32. The van der Waals surface area contributed by atoms with E-state index in [2.05, 4.69) is 4.90 Å². The van der Waals surface area contributed by atoms with E-state index >= 15 is 0 Å². The lowest BCUT2D eigenvalue weighted by Gasteiger charge is -2.28. The van der Waals surface area contributed by atoms with Crippen LogP contribution in [-0.4, -0.2) is 34.1 Å². The Bertz CT molecular complexity index is 475. The Morgan fingerprint density at radius 1 is 1.40 bits per heavy atom. The summed E-state index contributed by atoms with van der Waals surface area (Å²) in [6.07, 6.45) is 4.70. The SMILES string of the molecule is O=[N+]([O-])c1cc(CN(CCO)C2CCCC2)ccc1Cl. The number of aliphatic hydroxyl groups excluding tert-OH is 1. The molecule has 110 valence electrons. The number of rotatable bonds is 6. The van der Waals surface area contributed by atoms with Crippen molar-refractivity contribution in [2.75, 3.05) is 13.2 Å². The molecule has 0 bridgehead atoms. The van der Waals surface area contributed by atoms with Gasteiger partial charge in [-0.3, -0.25) is 15.0 Å². The van der Waals surface area contributed by atoms with E-state index in [1.54, 1.807) is 6.07 Å². The number of hydrogen-bond donors (Lipinski definition) is 1. The van der Waals surface area contributed by atoms with E-state index in [1.165, 1.54) is 18.9 Å². The molecule has 0 aromatic heterocycles. The summed E-state index contributed by atoms with van der Waals surface area (Å²) in [5.41, 5.74) is 0.806. The van der Waals surface area contributed by atoms with Gasteiger partial charge in [0.2, 0.25) is 0 Å². The summed E-state index contributed by atoms with van der Waals surface area (Å²) in [6.45, 7) is 1.32. The predicted molar refractivity (Wildman–Crippen MR) is 77.9 cm³/mol. The smallest absolute Gasteiger partial charge is 0.288 e. The normalized spacial score (nSPS) is 15.9. The van der Waals surface area contributed by atoms with E-state index in [1.807, 2.05) is 6.07 Å². The van der Waals surface area contributed by atoms with Gasteiger partial charge in [0.1, 0.15) is 5.02 Å². The van der Waals surface area contributed by atoms with Gasteiger partial charge in [0.15, 0.2) is 0 Å². The second kappa shape index (κ2) is 7.02. The second-order valence-corrected chi connectivity index (χ2v) is 5.58. The third-order valence-corrected chi connectivity index (χ3v) is 4.14. The van der Waals surface area contributed by atoms with Gasteiger partial charge in [-0.1, -0.05) is 30.5 Å². The minimum absolute atomic E-state index is 0.0560. The topological polar surface area (TPSA) is 66.6 Å². The van der Waals surface area contributed by atoms with Crippen LogP contribution in [0.15, 0.2) is 18.2 Å². The minimum atomic E-state index is -0.461. The fourth-order valence-corrected chi connectivity index (χ4v) is 3.01. The lowest BCUT2D eigenvalue weighted by molar-refractivity contribution is -0.384. The molecular formula is C14H19ClN2O3. The van der Waals surface area contributed by atoms with Crippen molar-refractivity contribution in [2.45, 2.75) is 38.3 Å². The van der Waals surface area contributed by atoms with Crippen molar-refractivity contribution in [3.05, 3.63) is 38.9 Å². The number of halogens is 1. The third-order valence-electron chi connectivity index (χ3n) is 3.82. The number of aliphatic hydroxyl groups is 1. The fraction of sp³-hybridized carbons (Fsp3) is 0.571. The van der Waals surface area contributed by atoms with Crippen LogP contribution in [-0.2, 0) is 6.54 Å². The zero-order chi connectivity index (χ0) is 14.5. The minimum Gasteiger partial charge on any atom is -0.395 e. The van der Waals surface area contributed by atoms with E-state index in [9.17, 15) is 15.2 Å². The molecule has 0 aliphatic heterocycles. The van der Waals surface area contributed by atoms with Gasteiger partial charge in [-0.2, -0.15) is 0 Å². The first-order valence-corrected chi connectivity index (χ1v) is 7.27. The summed E-state index contributed by atoms with van der Waals surface area (Å²) in [5.74, 6) is 0. The van der Waals surface area contributed by atoms with Crippen LogP contribution in [0.2, 0.25) is 5.02 Å². The summed E-state index contributed by atoms with van der Waals surface area (Å²) in [6, 6.07) is 5.38. The molecule has 20 heavy (non-hydrogen) atoms. The van der Waals surface area contributed by atoms with Gasteiger partial charge in [-0.15, -0.1) is 0 Å². The van der Waals surface area contributed by atoms with Crippen molar-refractivity contribution in [1.29, 1.82) is 0 Å². The Kier molecular flexibility index (Phi) is 5.34.